The number of methoxy groups -OCH3 is 1. The lowest BCUT2D eigenvalue weighted by Crippen LogP contribution is -2.42. The molecule has 2 aliphatic carbocycles. The van der Waals surface area contributed by atoms with Gasteiger partial charge in [-0.25, -0.2) is 0 Å². The highest BCUT2D eigenvalue weighted by atomic mass is 16.5. The number of benzene rings is 1. The Morgan fingerprint density at radius 1 is 1.14 bits per heavy atom. The van der Waals surface area contributed by atoms with Crippen molar-refractivity contribution in [3.63, 3.8) is 0 Å². The van der Waals surface area contributed by atoms with Crippen molar-refractivity contribution in [3.8, 4) is 5.75 Å². The fraction of sp³-hybridized carbons (Fsp3) is 0.684. The molecular weight excluding hydrogens is 258 g/mol. The summed E-state index contributed by atoms with van der Waals surface area (Å²) in [5, 5.41) is 3.85. The van der Waals surface area contributed by atoms with Gasteiger partial charge < -0.3 is 10.1 Å². The molecule has 116 valence electrons. The second kappa shape index (κ2) is 6.39. The fourth-order valence-electron chi connectivity index (χ4n) is 4.65. The summed E-state index contributed by atoms with van der Waals surface area (Å²) in [5.74, 6) is 3.91. The second-order valence-electron chi connectivity index (χ2n) is 7.25. The lowest BCUT2D eigenvalue weighted by molar-refractivity contribution is 0.247. The first-order valence-corrected chi connectivity index (χ1v) is 8.54. The fourth-order valence-corrected chi connectivity index (χ4v) is 4.65. The minimum atomic E-state index is 0.535. The van der Waals surface area contributed by atoms with Gasteiger partial charge in [0.05, 0.1) is 7.11 Å². The lowest BCUT2D eigenvalue weighted by atomic mass is 9.83. The smallest absolute Gasteiger partial charge is 0.118 e. The van der Waals surface area contributed by atoms with E-state index in [-0.39, 0.29) is 0 Å². The maximum absolute atomic E-state index is 5.22. The molecule has 2 saturated carbocycles. The molecular formula is C19H29NO. The molecule has 1 aromatic carbocycles. The molecule has 2 heteroatoms. The molecule has 5 atom stereocenters. The monoisotopic (exact) mass is 287 g/mol. The van der Waals surface area contributed by atoms with Crippen LogP contribution in [0.3, 0.4) is 0 Å². The molecule has 0 saturated heterocycles. The Kier molecular flexibility index (Phi) is 4.54. The van der Waals surface area contributed by atoms with Gasteiger partial charge in [-0.15, -0.1) is 0 Å². The minimum Gasteiger partial charge on any atom is -0.497 e. The number of fused-ring (bicyclic) bond motifs is 2. The van der Waals surface area contributed by atoms with Crippen molar-refractivity contribution in [3.05, 3.63) is 29.8 Å². The molecule has 2 bridgehead atoms. The number of nitrogens with one attached hydrogen (secondary N) is 1. The molecule has 1 N–H and O–H groups in total. The summed E-state index contributed by atoms with van der Waals surface area (Å²) in [6.07, 6.45) is 7.04. The van der Waals surface area contributed by atoms with Gasteiger partial charge in [0.1, 0.15) is 5.75 Å². The zero-order valence-corrected chi connectivity index (χ0v) is 13.6. The van der Waals surface area contributed by atoms with Crippen LogP contribution in [-0.4, -0.2) is 19.2 Å². The quantitative estimate of drug-likeness (QED) is 0.852. The normalized spacial score (nSPS) is 30.3. The van der Waals surface area contributed by atoms with Crippen LogP contribution >= 0.6 is 0 Å². The van der Waals surface area contributed by atoms with Gasteiger partial charge in [-0.1, -0.05) is 18.6 Å². The molecule has 2 fully saturated rings. The van der Waals surface area contributed by atoms with E-state index in [4.69, 9.17) is 4.74 Å². The van der Waals surface area contributed by atoms with Crippen molar-refractivity contribution < 1.29 is 4.74 Å². The van der Waals surface area contributed by atoms with Gasteiger partial charge in [0.2, 0.25) is 0 Å². The molecule has 3 rings (SSSR count). The maximum atomic E-state index is 5.22. The SMILES string of the molecule is COc1ccc(CC(C)NC(C)C2CC3CCC2C3)cc1. The molecule has 0 aromatic heterocycles. The third-order valence-corrected chi connectivity index (χ3v) is 5.68. The van der Waals surface area contributed by atoms with E-state index in [0.29, 0.717) is 12.1 Å². The zero-order valence-electron chi connectivity index (χ0n) is 13.6. The van der Waals surface area contributed by atoms with E-state index in [2.05, 4.69) is 43.4 Å². The Hall–Kier alpha value is -1.02. The number of hydrogen-bond acceptors (Lipinski definition) is 2. The molecule has 0 amide bonds. The van der Waals surface area contributed by atoms with Gasteiger partial charge in [0.15, 0.2) is 0 Å². The van der Waals surface area contributed by atoms with Crippen LogP contribution in [0.1, 0.15) is 45.1 Å². The highest BCUT2D eigenvalue weighted by Crippen LogP contribution is 2.49. The molecule has 0 heterocycles. The summed E-state index contributed by atoms with van der Waals surface area (Å²) >= 11 is 0. The predicted molar refractivity (Wildman–Crippen MR) is 87.7 cm³/mol. The van der Waals surface area contributed by atoms with E-state index in [9.17, 15) is 0 Å². The Labute approximate surface area is 129 Å². The van der Waals surface area contributed by atoms with Gasteiger partial charge >= 0.3 is 0 Å². The van der Waals surface area contributed by atoms with Crippen LogP contribution in [0, 0.1) is 17.8 Å². The third-order valence-electron chi connectivity index (χ3n) is 5.68. The summed E-state index contributed by atoms with van der Waals surface area (Å²) in [6.45, 7) is 4.71. The predicted octanol–water partition coefficient (Wildman–Crippen LogP) is 4.04. The molecule has 21 heavy (non-hydrogen) atoms. The molecule has 2 aliphatic rings. The maximum Gasteiger partial charge on any atom is 0.118 e. The summed E-state index contributed by atoms with van der Waals surface area (Å²) in [4.78, 5) is 0. The standard InChI is InChI=1S/C19H29NO/c1-13(10-15-5-8-18(21-3)9-6-15)20-14(2)19-12-16-4-7-17(19)11-16/h5-6,8-9,13-14,16-17,19-20H,4,7,10-12H2,1-3H3. The van der Waals surface area contributed by atoms with E-state index in [0.717, 1.165) is 29.9 Å². The first-order valence-electron chi connectivity index (χ1n) is 8.54. The molecule has 1 aromatic rings. The van der Waals surface area contributed by atoms with Crippen molar-refractivity contribution in [2.24, 2.45) is 17.8 Å². The van der Waals surface area contributed by atoms with Gasteiger partial charge in [-0.3, -0.25) is 0 Å². The Morgan fingerprint density at radius 3 is 2.48 bits per heavy atom. The highest BCUT2D eigenvalue weighted by molar-refractivity contribution is 5.27. The van der Waals surface area contributed by atoms with Crippen LogP contribution < -0.4 is 10.1 Å². The van der Waals surface area contributed by atoms with Crippen molar-refractivity contribution in [2.75, 3.05) is 7.11 Å². The number of ether oxygens (including phenoxy) is 1. The van der Waals surface area contributed by atoms with Gasteiger partial charge in [0, 0.05) is 12.1 Å². The Bertz CT molecular complexity index is 455. The van der Waals surface area contributed by atoms with Crippen molar-refractivity contribution in [1.82, 2.24) is 5.32 Å². The van der Waals surface area contributed by atoms with Gasteiger partial charge in [-0.2, -0.15) is 0 Å². The van der Waals surface area contributed by atoms with Gasteiger partial charge in [-0.05, 0) is 75.0 Å². The third kappa shape index (κ3) is 3.42. The molecule has 5 unspecified atom stereocenters. The van der Waals surface area contributed by atoms with Crippen molar-refractivity contribution in [1.29, 1.82) is 0 Å². The first-order chi connectivity index (χ1) is 10.2. The van der Waals surface area contributed by atoms with E-state index < -0.39 is 0 Å². The Balaban J connectivity index is 1.50. The van der Waals surface area contributed by atoms with E-state index in [1.165, 1.54) is 31.2 Å². The summed E-state index contributed by atoms with van der Waals surface area (Å²) in [7, 11) is 1.72. The first kappa shape index (κ1) is 14.9. The van der Waals surface area contributed by atoms with Crippen LogP contribution in [0.2, 0.25) is 0 Å². The van der Waals surface area contributed by atoms with E-state index in [1.807, 2.05) is 0 Å². The van der Waals surface area contributed by atoms with Crippen LogP contribution in [0.15, 0.2) is 24.3 Å². The van der Waals surface area contributed by atoms with Crippen molar-refractivity contribution in [2.45, 2.75) is 58.0 Å². The van der Waals surface area contributed by atoms with Crippen LogP contribution in [0.5, 0.6) is 5.75 Å². The number of hydrogen-bond donors (Lipinski definition) is 1. The highest BCUT2D eigenvalue weighted by Gasteiger charge is 2.41. The largest absolute Gasteiger partial charge is 0.497 e. The average Bonchev–Trinajstić information content (AvgIpc) is 3.10. The average molecular weight is 287 g/mol. The molecule has 2 nitrogen and oxygen atoms in total. The second-order valence-corrected chi connectivity index (χ2v) is 7.25. The summed E-state index contributed by atoms with van der Waals surface area (Å²) in [5.41, 5.74) is 1.39. The van der Waals surface area contributed by atoms with E-state index >= 15 is 0 Å². The van der Waals surface area contributed by atoms with Crippen LogP contribution in [0.4, 0.5) is 0 Å². The summed E-state index contributed by atoms with van der Waals surface area (Å²) in [6, 6.07) is 9.67. The number of rotatable bonds is 6. The summed E-state index contributed by atoms with van der Waals surface area (Å²) < 4.78 is 5.22. The van der Waals surface area contributed by atoms with Crippen LogP contribution in [-0.2, 0) is 6.42 Å². The molecule has 0 spiro atoms. The van der Waals surface area contributed by atoms with E-state index in [1.54, 1.807) is 7.11 Å². The zero-order chi connectivity index (χ0) is 14.8. The van der Waals surface area contributed by atoms with Crippen LogP contribution in [0.25, 0.3) is 0 Å². The minimum absolute atomic E-state index is 0.535. The lowest BCUT2D eigenvalue weighted by Gasteiger charge is -2.31. The topological polar surface area (TPSA) is 21.3 Å². The molecule has 0 radical (unpaired) electrons. The van der Waals surface area contributed by atoms with Gasteiger partial charge in [0.25, 0.3) is 0 Å². The Morgan fingerprint density at radius 2 is 1.90 bits per heavy atom. The van der Waals surface area contributed by atoms with Crippen molar-refractivity contribution >= 4 is 0 Å². The molecule has 0 aliphatic heterocycles.